The Morgan fingerprint density at radius 1 is 0.697 bits per heavy atom. The van der Waals surface area contributed by atoms with Crippen LogP contribution in [-0.2, 0) is 13.1 Å². The molecule has 0 unspecified atom stereocenters. The Balaban J connectivity index is 1.07. The number of rotatable bonds is 6. The summed E-state index contributed by atoms with van der Waals surface area (Å²) in [5, 5.41) is 0. The van der Waals surface area contributed by atoms with Crippen molar-refractivity contribution in [2.75, 3.05) is 39.3 Å². The van der Waals surface area contributed by atoms with Crippen LogP contribution in [0.3, 0.4) is 0 Å². The van der Waals surface area contributed by atoms with Gasteiger partial charge in [0.2, 0.25) is 0 Å². The van der Waals surface area contributed by atoms with Gasteiger partial charge in [-0.25, -0.2) is 9.97 Å². The lowest BCUT2D eigenvalue weighted by molar-refractivity contribution is 0.0549. The SMILES string of the molecule is Cc1ccccc1-c1ncc(CN2CCC(N3CCN(Cc4ccccc4)CC3)CC2)cn1. The maximum absolute atomic E-state index is 4.65. The third kappa shape index (κ3) is 5.67. The van der Waals surface area contributed by atoms with Crippen molar-refractivity contribution in [2.45, 2.75) is 38.9 Å². The van der Waals surface area contributed by atoms with Crippen molar-refractivity contribution in [3.8, 4) is 11.4 Å². The Hall–Kier alpha value is -2.60. The number of hydrogen-bond acceptors (Lipinski definition) is 5. The standard InChI is InChI=1S/C28H35N5/c1-23-7-5-6-10-27(23)28-29-19-25(20-30-28)22-31-13-11-26(12-14-31)33-17-15-32(16-18-33)21-24-8-3-2-4-9-24/h2-10,19-20,26H,11-18,21-22H2,1H3. The second-order valence-electron chi connectivity index (χ2n) is 9.53. The highest BCUT2D eigenvalue weighted by molar-refractivity contribution is 5.59. The molecule has 5 heteroatoms. The zero-order chi connectivity index (χ0) is 22.5. The van der Waals surface area contributed by atoms with E-state index in [-0.39, 0.29) is 0 Å². The molecule has 2 saturated heterocycles. The van der Waals surface area contributed by atoms with Crippen molar-refractivity contribution >= 4 is 0 Å². The first-order chi connectivity index (χ1) is 16.2. The van der Waals surface area contributed by atoms with Gasteiger partial charge in [-0.05, 0) is 44.0 Å². The van der Waals surface area contributed by atoms with Crippen LogP contribution in [0.25, 0.3) is 11.4 Å². The van der Waals surface area contributed by atoms with Crippen LogP contribution >= 0.6 is 0 Å². The molecule has 33 heavy (non-hydrogen) atoms. The minimum absolute atomic E-state index is 0.736. The molecule has 1 aromatic heterocycles. The summed E-state index contributed by atoms with van der Waals surface area (Å²) in [4.78, 5) is 17.2. The third-order valence-corrected chi connectivity index (χ3v) is 7.23. The van der Waals surface area contributed by atoms with Gasteiger partial charge in [0, 0.05) is 68.8 Å². The average molecular weight is 442 g/mol. The van der Waals surface area contributed by atoms with E-state index < -0.39 is 0 Å². The summed E-state index contributed by atoms with van der Waals surface area (Å²) in [5.41, 5.74) is 4.97. The molecule has 0 atom stereocenters. The molecular weight excluding hydrogens is 406 g/mol. The van der Waals surface area contributed by atoms with Gasteiger partial charge in [0.25, 0.3) is 0 Å². The van der Waals surface area contributed by atoms with E-state index in [1.165, 1.54) is 55.7 Å². The highest BCUT2D eigenvalue weighted by Gasteiger charge is 2.27. The lowest BCUT2D eigenvalue weighted by Gasteiger charge is -2.42. The van der Waals surface area contributed by atoms with E-state index in [0.717, 1.165) is 43.6 Å². The summed E-state index contributed by atoms with van der Waals surface area (Å²) in [6.45, 7) is 11.2. The van der Waals surface area contributed by atoms with E-state index in [1.807, 2.05) is 18.5 Å². The second-order valence-corrected chi connectivity index (χ2v) is 9.53. The number of likely N-dealkylation sites (tertiary alicyclic amines) is 1. The molecule has 0 N–H and O–H groups in total. The molecule has 2 aromatic carbocycles. The maximum atomic E-state index is 4.65. The summed E-state index contributed by atoms with van der Waals surface area (Å²) >= 11 is 0. The van der Waals surface area contributed by atoms with Crippen LogP contribution in [0.4, 0.5) is 0 Å². The number of piperidine rings is 1. The Labute approximate surface area is 198 Å². The molecular formula is C28H35N5. The molecule has 5 nitrogen and oxygen atoms in total. The van der Waals surface area contributed by atoms with E-state index in [1.54, 1.807) is 0 Å². The topological polar surface area (TPSA) is 35.5 Å². The van der Waals surface area contributed by atoms with E-state index in [9.17, 15) is 0 Å². The fourth-order valence-electron chi connectivity index (χ4n) is 5.23. The van der Waals surface area contributed by atoms with Crippen molar-refractivity contribution in [1.82, 2.24) is 24.7 Å². The lowest BCUT2D eigenvalue weighted by atomic mass is 10.0. The van der Waals surface area contributed by atoms with Crippen LogP contribution < -0.4 is 0 Å². The van der Waals surface area contributed by atoms with Gasteiger partial charge in [-0.15, -0.1) is 0 Å². The first-order valence-electron chi connectivity index (χ1n) is 12.3. The molecule has 0 bridgehead atoms. The van der Waals surface area contributed by atoms with Gasteiger partial charge in [-0.3, -0.25) is 14.7 Å². The van der Waals surface area contributed by atoms with Crippen molar-refractivity contribution < 1.29 is 0 Å². The van der Waals surface area contributed by atoms with Crippen molar-refractivity contribution in [1.29, 1.82) is 0 Å². The highest BCUT2D eigenvalue weighted by atomic mass is 15.3. The summed E-state index contributed by atoms with van der Waals surface area (Å²) in [7, 11) is 0. The molecule has 3 aromatic rings. The molecule has 2 fully saturated rings. The van der Waals surface area contributed by atoms with Gasteiger partial charge in [0.15, 0.2) is 5.82 Å². The fourth-order valence-corrected chi connectivity index (χ4v) is 5.23. The molecule has 172 valence electrons. The summed E-state index contributed by atoms with van der Waals surface area (Å²) in [6, 6.07) is 19.9. The van der Waals surface area contributed by atoms with Gasteiger partial charge >= 0.3 is 0 Å². The monoisotopic (exact) mass is 441 g/mol. The van der Waals surface area contributed by atoms with E-state index >= 15 is 0 Å². The first kappa shape index (κ1) is 22.2. The Morgan fingerprint density at radius 2 is 1.30 bits per heavy atom. The number of nitrogens with zero attached hydrogens (tertiary/aromatic N) is 5. The highest BCUT2D eigenvalue weighted by Crippen LogP contribution is 2.22. The maximum Gasteiger partial charge on any atom is 0.159 e. The zero-order valence-corrected chi connectivity index (χ0v) is 19.7. The van der Waals surface area contributed by atoms with Gasteiger partial charge in [0.1, 0.15) is 0 Å². The van der Waals surface area contributed by atoms with Crippen LogP contribution in [0.5, 0.6) is 0 Å². The van der Waals surface area contributed by atoms with Crippen LogP contribution in [0.15, 0.2) is 67.0 Å². The van der Waals surface area contributed by atoms with Crippen LogP contribution in [-0.4, -0.2) is 70.0 Å². The van der Waals surface area contributed by atoms with Crippen molar-refractivity contribution in [2.24, 2.45) is 0 Å². The quantitative estimate of drug-likeness (QED) is 0.572. The van der Waals surface area contributed by atoms with Crippen LogP contribution in [0, 0.1) is 6.92 Å². The van der Waals surface area contributed by atoms with E-state index in [0.29, 0.717) is 0 Å². The predicted octanol–water partition coefficient (Wildman–Crippen LogP) is 4.23. The molecule has 2 aliphatic heterocycles. The Morgan fingerprint density at radius 3 is 2.00 bits per heavy atom. The molecule has 0 amide bonds. The van der Waals surface area contributed by atoms with Crippen LogP contribution in [0.1, 0.15) is 29.5 Å². The minimum atomic E-state index is 0.736. The smallest absolute Gasteiger partial charge is 0.159 e. The molecule has 0 spiro atoms. The van der Waals surface area contributed by atoms with Crippen molar-refractivity contribution in [3.63, 3.8) is 0 Å². The first-order valence-corrected chi connectivity index (χ1v) is 12.3. The molecule has 0 radical (unpaired) electrons. The summed E-state index contributed by atoms with van der Waals surface area (Å²) in [6.07, 6.45) is 6.54. The zero-order valence-electron chi connectivity index (χ0n) is 19.7. The Kier molecular flexibility index (Phi) is 7.10. The Bertz CT molecular complexity index is 1000. The van der Waals surface area contributed by atoms with E-state index in [2.05, 4.69) is 80.1 Å². The second kappa shape index (κ2) is 10.6. The molecule has 3 heterocycles. The average Bonchev–Trinajstić information content (AvgIpc) is 2.87. The minimum Gasteiger partial charge on any atom is -0.299 e. The molecule has 0 aliphatic carbocycles. The van der Waals surface area contributed by atoms with Gasteiger partial charge in [-0.1, -0.05) is 54.6 Å². The predicted molar refractivity (Wildman–Crippen MR) is 134 cm³/mol. The van der Waals surface area contributed by atoms with E-state index in [4.69, 9.17) is 0 Å². The summed E-state index contributed by atoms with van der Waals surface area (Å²) < 4.78 is 0. The lowest BCUT2D eigenvalue weighted by Crippen LogP contribution is -2.52. The van der Waals surface area contributed by atoms with Crippen LogP contribution in [0.2, 0.25) is 0 Å². The number of hydrogen-bond donors (Lipinski definition) is 0. The molecule has 5 rings (SSSR count). The van der Waals surface area contributed by atoms with Gasteiger partial charge < -0.3 is 0 Å². The number of benzene rings is 2. The number of aromatic nitrogens is 2. The third-order valence-electron chi connectivity index (χ3n) is 7.23. The normalized spacial score (nSPS) is 19.1. The van der Waals surface area contributed by atoms with Gasteiger partial charge in [0.05, 0.1) is 0 Å². The fraction of sp³-hybridized carbons (Fsp3) is 0.429. The molecule has 0 saturated carbocycles. The van der Waals surface area contributed by atoms with Gasteiger partial charge in [-0.2, -0.15) is 0 Å². The van der Waals surface area contributed by atoms with Crippen molar-refractivity contribution in [3.05, 3.63) is 83.7 Å². The largest absolute Gasteiger partial charge is 0.299 e. The molecule has 2 aliphatic rings. The number of aryl methyl sites for hydroxylation is 1. The summed E-state index contributed by atoms with van der Waals surface area (Å²) in [5.74, 6) is 0.821. The number of piperazine rings is 1.